The van der Waals surface area contributed by atoms with Gasteiger partial charge in [0.2, 0.25) is 5.91 Å². The summed E-state index contributed by atoms with van der Waals surface area (Å²) in [6, 6.07) is 6.37. The SMILES string of the molecule is CC(Cc1ccsc1)Nc1cc2c(cc1N)NC(=O)CC2. The van der Waals surface area contributed by atoms with Crippen LogP contribution in [0.1, 0.15) is 24.5 Å². The third-order valence-electron chi connectivity index (χ3n) is 3.69. The molecule has 0 bridgehead atoms. The lowest BCUT2D eigenvalue weighted by atomic mass is 10.0. The maximum Gasteiger partial charge on any atom is 0.224 e. The van der Waals surface area contributed by atoms with Crippen molar-refractivity contribution in [1.82, 2.24) is 0 Å². The van der Waals surface area contributed by atoms with Crippen molar-refractivity contribution in [2.24, 2.45) is 0 Å². The van der Waals surface area contributed by atoms with Crippen LogP contribution in [0.3, 0.4) is 0 Å². The predicted molar refractivity (Wildman–Crippen MR) is 88.9 cm³/mol. The molecule has 1 atom stereocenters. The molecule has 0 radical (unpaired) electrons. The number of aryl methyl sites for hydroxylation is 1. The van der Waals surface area contributed by atoms with Gasteiger partial charge in [0.25, 0.3) is 0 Å². The van der Waals surface area contributed by atoms with E-state index in [0.717, 1.165) is 29.8 Å². The van der Waals surface area contributed by atoms with Crippen LogP contribution in [-0.2, 0) is 17.6 Å². The van der Waals surface area contributed by atoms with Crippen LogP contribution in [0, 0.1) is 0 Å². The Morgan fingerprint density at radius 2 is 2.29 bits per heavy atom. The van der Waals surface area contributed by atoms with Gasteiger partial charge < -0.3 is 16.4 Å². The van der Waals surface area contributed by atoms with E-state index in [1.54, 1.807) is 11.3 Å². The molecule has 3 rings (SSSR count). The summed E-state index contributed by atoms with van der Waals surface area (Å²) < 4.78 is 0. The zero-order valence-electron chi connectivity index (χ0n) is 12.0. The van der Waals surface area contributed by atoms with Gasteiger partial charge in [0.05, 0.1) is 11.4 Å². The number of hydrogen-bond donors (Lipinski definition) is 3. The van der Waals surface area contributed by atoms with Crippen molar-refractivity contribution < 1.29 is 4.79 Å². The molecular weight excluding hydrogens is 282 g/mol. The van der Waals surface area contributed by atoms with Gasteiger partial charge in [-0.2, -0.15) is 11.3 Å². The number of nitrogen functional groups attached to an aromatic ring is 1. The molecule has 1 aromatic carbocycles. The summed E-state index contributed by atoms with van der Waals surface area (Å²) in [5, 5.41) is 10.6. The summed E-state index contributed by atoms with van der Waals surface area (Å²) in [5.41, 5.74) is 11.1. The van der Waals surface area contributed by atoms with Gasteiger partial charge in [-0.05, 0) is 59.9 Å². The van der Waals surface area contributed by atoms with E-state index in [1.807, 2.05) is 6.07 Å². The minimum atomic E-state index is 0.0634. The molecule has 21 heavy (non-hydrogen) atoms. The summed E-state index contributed by atoms with van der Waals surface area (Å²) in [6.07, 6.45) is 2.28. The first-order valence-corrected chi connectivity index (χ1v) is 8.06. The Labute approximate surface area is 128 Å². The Balaban J connectivity index is 1.75. The fourth-order valence-electron chi connectivity index (χ4n) is 2.65. The maximum absolute atomic E-state index is 11.4. The van der Waals surface area contributed by atoms with Crippen LogP contribution in [-0.4, -0.2) is 11.9 Å². The average Bonchev–Trinajstić information content (AvgIpc) is 2.92. The number of benzene rings is 1. The number of fused-ring (bicyclic) bond motifs is 1. The standard InChI is InChI=1S/C16H19N3OS/c1-10(6-11-4-5-21-9-11)18-15-7-12-2-3-16(20)19-14(12)8-13(15)17/h4-5,7-10,18H,2-3,6,17H2,1H3,(H,19,20). The smallest absolute Gasteiger partial charge is 0.224 e. The van der Waals surface area contributed by atoms with E-state index in [-0.39, 0.29) is 5.91 Å². The highest BCUT2D eigenvalue weighted by Crippen LogP contribution is 2.31. The van der Waals surface area contributed by atoms with Gasteiger partial charge in [0, 0.05) is 18.2 Å². The number of rotatable bonds is 4. The monoisotopic (exact) mass is 301 g/mol. The molecule has 0 spiro atoms. The largest absolute Gasteiger partial charge is 0.397 e. The van der Waals surface area contributed by atoms with Crippen molar-refractivity contribution in [2.45, 2.75) is 32.2 Å². The highest BCUT2D eigenvalue weighted by Gasteiger charge is 2.17. The Kier molecular flexibility index (Phi) is 3.84. The Morgan fingerprint density at radius 1 is 1.43 bits per heavy atom. The normalized spacial score (nSPS) is 15.2. The fraction of sp³-hybridized carbons (Fsp3) is 0.312. The molecule has 0 saturated carbocycles. The van der Waals surface area contributed by atoms with Crippen LogP contribution in [0.4, 0.5) is 17.1 Å². The van der Waals surface area contributed by atoms with E-state index >= 15 is 0 Å². The molecule has 1 aliphatic rings. The molecule has 4 N–H and O–H groups in total. The van der Waals surface area contributed by atoms with Gasteiger partial charge >= 0.3 is 0 Å². The van der Waals surface area contributed by atoms with Gasteiger partial charge in [-0.1, -0.05) is 0 Å². The molecule has 5 heteroatoms. The van der Waals surface area contributed by atoms with Gasteiger partial charge in [-0.3, -0.25) is 4.79 Å². The van der Waals surface area contributed by atoms with Crippen LogP contribution >= 0.6 is 11.3 Å². The zero-order valence-corrected chi connectivity index (χ0v) is 12.8. The van der Waals surface area contributed by atoms with E-state index in [1.165, 1.54) is 5.56 Å². The summed E-state index contributed by atoms with van der Waals surface area (Å²) in [7, 11) is 0. The highest BCUT2D eigenvalue weighted by molar-refractivity contribution is 7.07. The number of carbonyl (C=O) groups is 1. The highest BCUT2D eigenvalue weighted by atomic mass is 32.1. The summed E-state index contributed by atoms with van der Waals surface area (Å²) in [6.45, 7) is 2.15. The number of amides is 1. The average molecular weight is 301 g/mol. The van der Waals surface area contributed by atoms with E-state index < -0.39 is 0 Å². The molecular formula is C16H19N3OS. The summed E-state index contributed by atoms with van der Waals surface area (Å²) in [4.78, 5) is 11.4. The topological polar surface area (TPSA) is 67.2 Å². The molecule has 0 fully saturated rings. The van der Waals surface area contributed by atoms with Gasteiger partial charge in [0.15, 0.2) is 0 Å². The van der Waals surface area contributed by atoms with Crippen molar-refractivity contribution in [2.75, 3.05) is 16.4 Å². The molecule has 0 aliphatic carbocycles. The van der Waals surface area contributed by atoms with Gasteiger partial charge in [-0.25, -0.2) is 0 Å². The lowest BCUT2D eigenvalue weighted by Gasteiger charge is -2.22. The third kappa shape index (κ3) is 3.19. The number of hydrogen-bond acceptors (Lipinski definition) is 4. The van der Waals surface area contributed by atoms with E-state index in [9.17, 15) is 4.79 Å². The molecule has 1 aliphatic heterocycles. The van der Waals surface area contributed by atoms with Crippen molar-refractivity contribution >= 4 is 34.3 Å². The second-order valence-electron chi connectivity index (χ2n) is 5.53. The first kappa shape index (κ1) is 13.9. The molecule has 2 aromatic rings. The van der Waals surface area contributed by atoms with Crippen LogP contribution in [0.2, 0.25) is 0 Å². The molecule has 110 valence electrons. The first-order chi connectivity index (χ1) is 10.1. The van der Waals surface area contributed by atoms with Crippen molar-refractivity contribution in [1.29, 1.82) is 0 Å². The molecule has 1 amide bonds. The molecule has 0 saturated heterocycles. The number of nitrogens with one attached hydrogen (secondary N) is 2. The second-order valence-corrected chi connectivity index (χ2v) is 6.31. The summed E-state index contributed by atoms with van der Waals surface area (Å²) in [5.74, 6) is 0.0634. The quantitative estimate of drug-likeness (QED) is 0.759. The molecule has 1 aromatic heterocycles. The van der Waals surface area contributed by atoms with E-state index in [4.69, 9.17) is 5.73 Å². The first-order valence-electron chi connectivity index (χ1n) is 7.11. The Morgan fingerprint density at radius 3 is 3.05 bits per heavy atom. The predicted octanol–water partition coefficient (Wildman–Crippen LogP) is 3.26. The Bertz CT molecular complexity index is 652. The minimum Gasteiger partial charge on any atom is -0.397 e. The van der Waals surface area contributed by atoms with Gasteiger partial charge in [0.1, 0.15) is 0 Å². The lowest BCUT2D eigenvalue weighted by Crippen LogP contribution is -2.21. The van der Waals surface area contributed by atoms with Crippen LogP contribution in [0.25, 0.3) is 0 Å². The van der Waals surface area contributed by atoms with Gasteiger partial charge in [-0.15, -0.1) is 0 Å². The molecule has 1 unspecified atom stereocenters. The second kappa shape index (κ2) is 5.77. The number of thiophene rings is 1. The number of anilines is 3. The summed E-state index contributed by atoms with van der Waals surface area (Å²) >= 11 is 1.72. The molecule has 4 nitrogen and oxygen atoms in total. The minimum absolute atomic E-state index is 0.0634. The lowest BCUT2D eigenvalue weighted by molar-refractivity contribution is -0.116. The van der Waals surface area contributed by atoms with Crippen molar-refractivity contribution in [3.05, 3.63) is 40.1 Å². The van der Waals surface area contributed by atoms with Crippen LogP contribution in [0.15, 0.2) is 29.0 Å². The number of carbonyl (C=O) groups excluding carboxylic acids is 1. The van der Waals surface area contributed by atoms with E-state index in [2.05, 4.69) is 40.5 Å². The van der Waals surface area contributed by atoms with Crippen LogP contribution < -0.4 is 16.4 Å². The number of nitrogens with two attached hydrogens (primary N) is 1. The van der Waals surface area contributed by atoms with Crippen LogP contribution in [0.5, 0.6) is 0 Å². The fourth-order valence-corrected chi connectivity index (χ4v) is 3.33. The zero-order chi connectivity index (χ0) is 14.8. The van der Waals surface area contributed by atoms with Crippen molar-refractivity contribution in [3.63, 3.8) is 0 Å². The Hall–Kier alpha value is -2.01. The molecule has 2 heterocycles. The van der Waals surface area contributed by atoms with Crippen molar-refractivity contribution in [3.8, 4) is 0 Å². The maximum atomic E-state index is 11.4. The third-order valence-corrected chi connectivity index (χ3v) is 4.43. The van der Waals surface area contributed by atoms with E-state index in [0.29, 0.717) is 18.2 Å².